The number of rotatable bonds is 2. The van der Waals surface area contributed by atoms with Gasteiger partial charge in [0.05, 0.1) is 0 Å². The van der Waals surface area contributed by atoms with E-state index in [1.54, 1.807) is 0 Å². The quantitative estimate of drug-likeness (QED) is 0.721. The van der Waals surface area contributed by atoms with Crippen molar-refractivity contribution in [1.29, 1.82) is 0 Å². The van der Waals surface area contributed by atoms with Gasteiger partial charge in [0.25, 0.3) is 0 Å². The first-order valence-electron chi connectivity index (χ1n) is 5.99. The number of hydrogen-bond donors (Lipinski definition) is 1. The van der Waals surface area contributed by atoms with Crippen molar-refractivity contribution in [3.8, 4) is 0 Å². The first-order chi connectivity index (χ1) is 6.55. The fraction of sp³-hybridized carbons (Fsp3) is 1.00. The summed E-state index contributed by atoms with van der Waals surface area (Å²) >= 11 is 0. The summed E-state index contributed by atoms with van der Waals surface area (Å²) in [5, 5.41) is 3.44. The summed E-state index contributed by atoms with van der Waals surface area (Å²) in [6.45, 7) is 13.6. The second-order valence-electron chi connectivity index (χ2n) is 6.14. The van der Waals surface area contributed by atoms with Gasteiger partial charge in [-0.2, -0.15) is 0 Å². The molecular weight excluding hydrogens is 172 g/mol. The summed E-state index contributed by atoms with van der Waals surface area (Å²) < 4.78 is 0. The van der Waals surface area contributed by atoms with Gasteiger partial charge in [0.2, 0.25) is 0 Å². The topological polar surface area (TPSA) is 15.3 Å². The lowest BCUT2D eigenvalue weighted by molar-refractivity contribution is 0.0157. The third-order valence-corrected chi connectivity index (χ3v) is 3.86. The molecule has 2 heteroatoms. The number of hydrogen-bond acceptors (Lipinski definition) is 2. The van der Waals surface area contributed by atoms with Gasteiger partial charge in [0, 0.05) is 19.6 Å². The highest BCUT2D eigenvalue weighted by atomic mass is 15.2. The molecule has 2 heterocycles. The number of likely N-dealkylation sites (tertiary alicyclic amines) is 1. The van der Waals surface area contributed by atoms with Crippen LogP contribution >= 0.6 is 0 Å². The standard InChI is InChI=1S/C12H24N2/c1-12(2,3)11-8-14(9-11)7-10-4-5-13-6-10/h10-11,13H,4-9H2,1-3H3. The highest BCUT2D eigenvalue weighted by Gasteiger charge is 2.36. The van der Waals surface area contributed by atoms with Crippen LogP contribution in [0.4, 0.5) is 0 Å². The van der Waals surface area contributed by atoms with Gasteiger partial charge in [-0.25, -0.2) is 0 Å². The van der Waals surface area contributed by atoms with Crippen LogP contribution in [-0.2, 0) is 0 Å². The average molecular weight is 196 g/mol. The molecule has 2 nitrogen and oxygen atoms in total. The summed E-state index contributed by atoms with van der Waals surface area (Å²) in [7, 11) is 0. The van der Waals surface area contributed by atoms with Gasteiger partial charge < -0.3 is 10.2 Å². The third-order valence-electron chi connectivity index (χ3n) is 3.86. The fourth-order valence-electron chi connectivity index (χ4n) is 2.50. The zero-order chi connectivity index (χ0) is 10.2. The molecule has 2 fully saturated rings. The average Bonchev–Trinajstić information content (AvgIpc) is 2.44. The summed E-state index contributed by atoms with van der Waals surface area (Å²) in [6.07, 6.45) is 1.39. The molecule has 0 spiro atoms. The van der Waals surface area contributed by atoms with Gasteiger partial charge in [-0.05, 0) is 36.8 Å². The zero-order valence-corrected chi connectivity index (χ0v) is 9.84. The zero-order valence-electron chi connectivity index (χ0n) is 9.84. The van der Waals surface area contributed by atoms with E-state index in [1.807, 2.05) is 0 Å². The Hall–Kier alpha value is -0.0800. The molecule has 0 radical (unpaired) electrons. The maximum absolute atomic E-state index is 3.44. The molecule has 1 N–H and O–H groups in total. The molecule has 2 saturated heterocycles. The van der Waals surface area contributed by atoms with Gasteiger partial charge in [0.1, 0.15) is 0 Å². The van der Waals surface area contributed by atoms with E-state index in [4.69, 9.17) is 0 Å². The first kappa shape index (κ1) is 10.4. The third kappa shape index (κ3) is 2.29. The van der Waals surface area contributed by atoms with Crippen molar-refractivity contribution >= 4 is 0 Å². The van der Waals surface area contributed by atoms with E-state index in [9.17, 15) is 0 Å². The second kappa shape index (κ2) is 3.82. The maximum atomic E-state index is 3.44. The molecule has 82 valence electrons. The predicted octanol–water partition coefficient (Wildman–Crippen LogP) is 1.57. The lowest BCUT2D eigenvalue weighted by Gasteiger charge is -2.47. The summed E-state index contributed by atoms with van der Waals surface area (Å²) in [5.74, 6) is 1.85. The molecule has 2 rings (SSSR count). The van der Waals surface area contributed by atoms with Crippen molar-refractivity contribution in [2.24, 2.45) is 17.3 Å². The molecule has 0 aromatic heterocycles. The van der Waals surface area contributed by atoms with Crippen molar-refractivity contribution in [1.82, 2.24) is 10.2 Å². The second-order valence-corrected chi connectivity index (χ2v) is 6.14. The Morgan fingerprint density at radius 3 is 2.50 bits per heavy atom. The maximum Gasteiger partial charge on any atom is 0.00272 e. The summed E-state index contributed by atoms with van der Waals surface area (Å²) in [6, 6.07) is 0. The van der Waals surface area contributed by atoms with Crippen LogP contribution in [0.1, 0.15) is 27.2 Å². The van der Waals surface area contributed by atoms with Gasteiger partial charge >= 0.3 is 0 Å². The molecule has 0 aromatic carbocycles. The Morgan fingerprint density at radius 1 is 1.29 bits per heavy atom. The normalized spacial score (nSPS) is 30.6. The van der Waals surface area contributed by atoms with E-state index >= 15 is 0 Å². The van der Waals surface area contributed by atoms with Crippen molar-refractivity contribution in [3.05, 3.63) is 0 Å². The molecule has 0 aliphatic carbocycles. The fourth-order valence-corrected chi connectivity index (χ4v) is 2.50. The minimum atomic E-state index is 0.518. The smallest absolute Gasteiger partial charge is 0.00272 e. The Morgan fingerprint density at radius 2 is 2.00 bits per heavy atom. The lowest BCUT2D eigenvalue weighted by atomic mass is 9.76. The van der Waals surface area contributed by atoms with Crippen LogP contribution in [0, 0.1) is 17.3 Å². The Labute approximate surface area is 88.1 Å². The van der Waals surface area contributed by atoms with E-state index in [0.717, 1.165) is 11.8 Å². The Balaban J connectivity index is 1.67. The van der Waals surface area contributed by atoms with E-state index in [1.165, 1.54) is 39.1 Å². The molecule has 14 heavy (non-hydrogen) atoms. The van der Waals surface area contributed by atoms with Crippen LogP contribution in [-0.4, -0.2) is 37.6 Å². The van der Waals surface area contributed by atoms with E-state index in [-0.39, 0.29) is 0 Å². The Bertz CT molecular complexity index is 183. The van der Waals surface area contributed by atoms with Crippen molar-refractivity contribution in [3.63, 3.8) is 0 Å². The highest BCUT2D eigenvalue weighted by Crippen LogP contribution is 2.34. The van der Waals surface area contributed by atoms with Crippen LogP contribution in [0.3, 0.4) is 0 Å². The Kier molecular flexibility index (Phi) is 2.85. The van der Waals surface area contributed by atoms with E-state index in [0.29, 0.717) is 5.41 Å². The minimum absolute atomic E-state index is 0.518. The van der Waals surface area contributed by atoms with Gasteiger partial charge in [-0.1, -0.05) is 20.8 Å². The molecule has 0 amide bonds. The molecule has 1 unspecified atom stereocenters. The molecule has 0 saturated carbocycles. The van der Waals surface area contributed by atoms with Gasteiger partial charge in [-0.3, -0.25) is 0 Å². The molecule has 2 aliphatic rings. The monoisotopic (exact) mass is 196 g/mol. The van der Waals surface area contributed by atoms with Crippen LogP contribution in [0.15, 0.2) is 0 Å². The summed E-state index contributed by atoms with van der Waals surface area (Å²) in [5.41, 5.74) is 0.518. The minimum Gasteiger partial charge on any atom is -0.316 e. The van der Waals surface area contributed by atoms with Crippen LogP contribution in [0.5, 0.6) is 0 Å². The molecule has 2 aliphatic heterocycles. The van der Waals surface area contributed by atoms with Crippen molar-refractivity contribution in [2.75, 3.05) is 32.7 Å². The summed E-state index contributed by atoms with van der Waals surface area (Å²) in [4.78, 5) is 2.63. The highest BCUT2D eigenvalue weighted by molar-refractivity contribution is 4.89. The van der Waals surface area contributed by atoms with E-state index in [2.05, 4.69) is 31.0 Å². The van der Waals surface area contributed by atoms with Crippen LogP contribution in [0.2, 0.25) is 0 Å². The molecule has 1 atom stereocenters. The van der Waals surface area contributed by atoms with Crippen molar-refractivity contribution in [2.45, 2.75) is 27.2 Å². The number of nitrogens with zero attached hydrogens (tertiary/aromatic N) is 1. The van der Waals surface area contributed by atoms with Crippen LogP contribution < -0.4 is 5.32 Å². The molecule has 0 aromatic rings. The first-order valence-corrected chi connectivity index (χ1v) is 5.99. The largest absolute Gasteiger partial charge is 0.316 e. The van der Waals surface area contributed by atoms with Gasteiger partial charge in [-0.15, -0.1) is 0 Å². The SMILES string of the molecule is CC(C)(C)C1CN(CC2CCNC2)C1. The lowest BCUT2D eigenvalue weighted by Crippen LogP contribution is -2.53. The predicted molar refractivity (Wildman–Crippen MR) is 60.4 cm³/mol. The van der Waals surface area contributed by atoms with Gasteiger partial charge in [0.15, 0.2) is 0 Å². The van der Waals surface area contributed by atoms with E-state index < -0.39 is 0 Å². The molecular formula is C12H24N2. The number of nitrogens with one attached hydrogen (secondary N) is 1. The molecule has 0 bridgehead atoms. The van der Waals surface area contributed by atoms with Crippen molar-refractivity contribution < 1.29 is 0 Å². The van der Waals surface area contributed by atoms with Crippen LogP contribution in [0.25, 0.3) is 0 Å².